The van der Waals surface area contributed by atoms with Crippen molar-refractivity contribution in [1.82, 2.24) is 0 Å². The van der Waals surface area contributed by atoms with Gasteiger partial charge in [0.25, 0.3) is 0 Å². The second-order valence-corrected chi connectivity index (χ2v) is 7.52. The molecule has 0 spiro atoms. The van der Waals surface area contributed by atoms with Gasteiger partial charge in [-0.15, -0.1) is 0 Å². The molecule has 0 heterocycles. The normalized spacial score (nSPS) is 11.8. The molecule has 0 aromatic heterocycles. The van der Waals surface area contributed by atoms with Gasteiger partial charge in [0.1, 0.15) is 11.3 Å². The lowest BCUT2D eigenvalue weighted by molar-refractivity contribution is 0.0521. The molecule has 0 saturated heterocycles. The molecular formula is C17H16BrClO4S. The Morgan fingerprint density at radius 3 is 2.67 bits per heavy atom. The molecule has 0 bridgehead atoms. The van der Waals surface area contributed by atoms with E-state index in [1.54, 1.807) is 43.3 Å². The van der Waals surface area contributed by atoms with E-state index in [1.807, 2.05) is 0 Å². The van der Waals surface area contributed by atoms with E-state index in [0.29, 0.717) is 25.7 Å². The van der Waals surface area contributed by atoms with Gasteiger partial charge >= 0.3 is 5.97 Å². The predicted octanol–water partition coefficient (Wildman–Crippen LogP) is 4.60. The Morgan fingerprint density at radius 2 is 2.04 bits per heavy atom. The third-order valence-corrected chi connectivity index (χ3v) is 5.44. The van der Waals surface area contributed by atoms with Crippen molar-refractivity contribution in [2.45, 2.75) is 17.6 Å². The first-order valence-electron chi connectivity index (χ1n) is 7.14. The first kappa shape index (κ1) is 19.0. The monoisotopic (exact) mass is 430 g/mol. The summed E-state index contributed by atoms with van der Waals surface area (Å²) in [5.74, 6) is 0.0146. The van der Waals surface area contributed by atoms with Gasteiger partial charge in [0.05, 0.1) is 34.7 Å². The van der Waals surface area contributed by atoms with Crippen LogP contribution in [-0.4, -0.2) is 23.9 Å². The number of halogens is 2. The van der Waals surface area contributed by atoms with Crippen LogP contribution < -0.4 is 4.74 Å². The number of hydrogen-bond donors (Lipinski definition) is 0. The molecule has 0 N–H and O–H groups in total. The van der Waals surface area contributed by atoms with Gasteiger partial charge in [-0.1, -0.05) is 23.7 Å². The second-order valence-electron chi connectivity index (χ2n) is 4.78. The largest absolute Gasteiger partial charge is 0.495 e. The Bertz CT molecular complexity index is 779. The van der Waals surface area contributed by atoms with Crippen molar-refractivity contribution in [2.75, 3.05) is 13.7 Å². The Labute approximate surface area is 156 Å². The zero-order chi connectivity index (χ0) is 17.7. The van der Waals surface area contributed by atoms with E-state index < -0.39 is 16.8 Å². The molecule has 2 rings (SSSR count). The molecule has 7 heteroatoms. The average Bonchev–Trinajstić information content (AvgIpc) is 2.56. The summed E-state index contributed by atoms with van der Waals surface area (Å²) in [7, 11) is 0.117. The summed E-state index contributed by atoms with van der Waals surface area (Å²) in [5.41, 5.74) is 0.871. The summed E-state index contributed by atoms with van der Waals surface area (Å²) in [6.07, 6.45) is 0. The Hall–Kier alpha value is -1.37. The van der Waals surface area contributed by atoms with Gasteiger partial charge in [0.15, 0.2) is 0 Å². The van der Waals surface area contributed by atoms with Crippen LogP contribution >= 0.6 is 27.5 Å². The van der Waals surface area contributed by atoms with Crippen LogP contribution in [-0.2, 0) is 21.3 Å². The van der Waals surface area contributed by atoms with E-state index in [9.17, 15) is 9.00 Å². The zero-order valence-corrected chi connectivity index (χ0v) is 16.3. The lowest BCUT2D eigenvalue weighted by Gasteiger charge is -2.14. The second kappa shape index (κ2) is 8.65. The molecule has 0 amide bonds. The topological polar surface area (TPSA) is 52.6 Å². The molecule has 0 aliphatic heterocycles. The molecule has 2 aromatic carbocycles. The minimum Gasteiger partial charge on any atom is -0.495 e. The van der Waals surface area contributed by atoms with Gasteiger partial charge in [-0.2, -0.15) is 0 Å². The lowest BCUT2D eigenvalue weighted by atomic mass is 10.1. The fraction of sp³-hybridized carbons (Fsp3) is 0.235. The number of methoxy groups -OCH3 is 1. The first-order valence-corrected chi connectivity index (χ1v) is 9.63. The highest BCUT2D eigenvalue weighted by molar-refractivity contribution is 9.10. The molecule has 0 fully saturated rings. The number of benzene rings is 2. The molecular weight excluding hydrogens is 416 g/mol. The predicted molar refractivity (Wildman–Crippen MR) is 98.2 cm³/mol. The van der Waals surface area contributed by atoms with Crippen molar-refractivity contribution in [1.29, 1.82) is 0 Å². The van der Waals surface area contributed by atoms with Crippen LogP contribution in [0.1, 0.15) is 22.8 Å². The van der Waals surface area contributed by atoms with Gasteiger partial charge in [-0.25, -0.2) is 4.79 Å². The van der Waals surface area contributed by atoms with E-state index >= 15 is 0 Å². The molecule has 0 aliphatic rings. The van der Waals surface area contributed by atoms with Gasteiger partial charge in [-0.05, 0) is 52.7 Å². The first-order chi connectivity index (χ1) is 11.5. The van der Waals surface area contributed by atoms with Crippen LogP contribution in [0.2, 0.25) is 5.02 Å². The Morgan fingerprint density at radius 1 is 1.29 bits per heavy atom. The fourth-order valence-corrected chi connectivity index (χ4v) is 4.10. The Balaban J connectivity index is 2.42. The quantitative estimate of drug-likeness (QED) is 0.628. The highest BCUT2D eigenvalue weighted by atomic mass is 79.9. The van der Waals surface area contributed by atoms with E-state index in [4.69, 9.17) is 21.1 Å². The molecule has 0 aliphatic carbocycles. The lowest BCUT2D eigenvalue weighted by Crippen LogP contribution is -2.12. The maximum absolute atomic E-state index is 12.6. The SMILES string of the molecule is CCOC(=O)c1c(CS(=O)c2cccc(Cl)c2)ccc(Br)c1OC. The molecule has 128 valence electrons. The van der Waals surface area contributed by atoms with Crippen LogP contribution in [0, 0.1) is 0 Å². The van der Waals surface area contributed by atoms with Crippen molar-refractivity contribution in [2.24, 2.45) is 0 Å². The van der Waals surface area contributed by atoms with Crippen molar-refractivity contribution >= 4 is 44.3 Å². The number of ether oxygens (including phenoxy) is 2. The number of carbonyl (C=O) groups is 1. The van der Waals surface area contributed by atoms with Crippen molar-refractivity contribution < 1.29 is 18.5 Å². The number of rotatable bonds is 6. The molecule has 24 heavy (non-hydrogen) atoms. The van der Waals surface area contributed by atoms with E-state index in [0.717, 1.165) is 0 Å². The highest BCUT2D eigenvalue weighted by Crippen LogP contribution is 2.33. The molecule has 1 unspecified atom stereocenters. The third-order valence-electron chi connectivity index (χ3n) is 3.23. The fourth-order valence-electron chi connectivity index (χ4n) is 2.18. The van der Waals surface area contributed by atoms with Gasteiger partial charge in [-0.3, -0.25) is 4.21 Å². The standard InChI is InChI=1S/C17H16BrClO4S/c1-3-23-17(20)15-11(7-8-14(18)16(15)22-2)10-24(21)13-6-4-5-12(19)9-13/h4-9H,3,10H2,1-2H3. The van der Waals surface area contributed by atoms with Gasteiger partial charge in [0.2, 0.25) is 0 Å². The van der Waals surface area contributed by atoms with Crippen LogP contribution in [0.3, 0.4) is 0 Å². The number of hydrogen-bond acceptors (Lipinski definition) is 4. The summed E-state index contributed by atoms with van der Waals surface area (Å²) in [6, 6.07) is 10.3. The van der Waals surface area contributed by atoms with E-state index in [-0.39, 0.29) is 17.9 Å². The summed E-state index contributed by atoms with van der Waals surface area (Å²) in [6.45, 7) is 1.97. The summed E-state index contributed by atoms with van der Waals surface area (Å²) in [4.78, 5) is 12.9. The number of esters is 1. The molecule has 4 nitrogen and oxygen atoms in total. The van der Waals surface area contributed by atoms with Gasteiger partial charge < -0.3 is 9.47 Å². The van der Waals surface area contributed by atoms with E-state index in [2.05, 4.69) is 15.9 Å². The average molecular weight is 432 g/mol. The third kappa shape index (κ3) is 4.37. The maximum Gasteiger partial charge on any atom is 0.342 e. The van der Waals surface area contributed by atoms with Crippen LogP contribution in [0.4, 0.5) is 0 Å². The van der Waals surface area contributed by atoms with Crippen molar-refractivity contribution in [3.63, 3.8) is 0 Å². The van der Waals surface area contributed by atoms with Crippen LogP contribution in [0.5, 0.6) is 5.75 Å². The highest BCUT2D eigenvalue weighted by Gasteiger charge is 2.22. The Kier molecular flexibility index (Phi) is 6.83. The van der Waals surface area contributed by atoms with Gasteiger partial charge in [0, 0.05) is 9.92 Å². The molecule has 2 aromatic rings. The van der Waals surface area contributed by atoms with Crippen LogP contribution in [0.15, 0.2) is 45.8 Å². The number of carbonyl (C=O) groups excluding carboxylic acids is 1. The maximum atomic E-state index is 12.6. The minimum atomic E-state index is -1.36. The zero-order valence-electron chi connectivity index (χ0n) is 13.2. The summed E-state index contributed by atoms with van der Waals surface area (Å²) < 4.78 is 23.7. The van der Waals surface area contributed by atoms with Crippen molar-refractivity contribution in [3.05, 3.63) is 57.0 Å². The molecule has 0 radical (unpaired) electrons. The minimum absolute atomic E-state index is 0.151. The van der Waals surface area contributed by atoms with Crippen LogP contribution in [0.25, 0.3) is 0 Å². The van der Waals surface area contributed by atoms with E-state index in [1.165, 1.54) is 7.11 Å². The summed E-state index contributed by atoms with van der Waals surface area (Å²) >= 11 is 9.30. The summed E-state index contributed by atoms with van der Waals surface area (Å²) in [5, 5.41) is 0.514. The molecule has 0 saturated carbocycles. The molecule has 1 atom stereocenters. The van der Waals surface area contributed by atoms with Crippen molar-refractivity contribution in [3.8, 4) is 5.75 Å². The smallest absolute Gasteiger partial charge is 0.342 e.